The molecule has 0 unspecified atom stereocenters. The van der Waals surface area contributed by atoms with Crippen molar-refractivity contribution in [2.75, 3.05) is 38.2 Å². The number of ether oxygens (including phenoxy) is 1. The van der Waals surface area contributed by atoms with E-state index >= 15 is 0 Å². The Hall–Kier alpha value is -3.78. The van der Waals surface area contributed by atoms with Gasteiger partial charge in [-0.1, -0.05) is 0 Å². The van der Waals surface area contributed by atoms with E-state index in [2.05, 4.69) is 35.6 Å². The monoisotopic (exact) mass is 524 g/mol. The lowest BCUT2D eigenvalue weighted by Gasteiger charge is -2.31. The van der Waals surface area contributed by atoms with Gasteiger partial charge in [-0.05, 0) is 44.6 Å². The predicted molar refractivity (Wildman–Crippen MR) is 136 cm³/mol. The topological polar surface area (TPSA) is 178 Å². The summed E-state index contributed by atoms with van der Waals surface area (Å²) in [6, 6.07) is 0.566. The van der Waals surface area contributed by atoms with Gasteiger partial charge in [0, 0.05) is 30.4 Å². The zero-order valence-corrected chi connectivity index (χ0v) is 21.0. The van der Waals surface area contributed by atoms with Gasteiger partial charge in [0.25, 0.3) is 5.62 Å². The molecule has 3 aliphatic rings. The number of nitrogens with one attached hydrogen (secondary N) is 4. The fraction of sp³-hybridized carbons (Fsp3) is 0.583. The third-order valence-electron chi connectivity index (χ3n) is 7.15. The van der Waals surface area contributed by atoms with Gasteiger partial charge >= 0.3 is 5.69 Å². The Morgan fingerprint density at radius 2 is 1.89 bits per heavy atom. The van der Waals surface area contributed by atoms with Crippen molar-refractivity contribution in [3.8, 4) is 5.88 Å². The first-order valence-electron chi connectivity index (χ1n) is 13.2. The summed E-state index contributed by atoms with van der Waals surface area (Å²) in [4.78, 5) is 45.1. The molecular formula is C24H32N10O4. The van der Waals surface area contributed by atoms with Crippen LogP contribution in [0.15, 0.2) is 16.0 Å². The van der Waals surface area contributed by atoms with Crippen LogP contribution in [0.4, 0.5) is 5.95 Å². The summed E-state index contributed by atoms with van der Waals surface area (Å²) in [5.41, 5.74) is 0.732. The summed E-state index contributed by atoms with van der Waals surface area (Å²) in [7, 11) is 0. The average molecular weight is 525 g/mol. The fourth-order valence-corrected chi connectivity index (χ4v) is 4.95. The average Bonchev–Trinajstić information content (AvgIpc) is 3.54. The van der Waals surface area contributed by atoms with Crippen molar-refractivity contribution < 1.29 is 14.6 Å². The molecule has 5 N–H and O–H groups in total. The van der Waals surface area contributed by atoms with E-state index in [1.165, 1.54) is 0 Å². The number of fused-ring (bicyclic) bond motifs is 1. The van der Waals surface area contributed by atoms with Gasteiger partial charge in [0.1, 0.15) is 5.69 Å². The summed E-state index contributed by atoms with van der Waals surface area (Å²) < 4.78 is 6.93. The van der Waals surface area contributed by atoms with E-state index in [0.717, 1.165) is 51.6 Å². The van der Waals surface area contributed by atoms with Crippen LogP contribution in [0, 0.1) is 0 Å². The number of hydrogen-bond donors (Lipinski definition) is 5. The van der Waals surface area contributed by atoms with Crippen molar-refractivity contribution in [1.29, 1.82) is 0 Å². The second kappa shape index (κ2) is 10.5. The minimum Gasteiger partial charge on any atom is -0.493 e. The molecule has 0 aromatic carbocycles. The third-order valence-corrected chi connectivity index (χ3v) is 7.15. The van der Waals surface area contributed by atoms with Crippen LogP contribution in [0.2, 0.25) is 0 Å². The lowest BCUT2D eigenvalue weighted by atomic mass is 9.91. The van der Waals surface area contributed by atoms with Crippen molar-refractivity contribution in [1.82, 2.24) is 39.8 Å². The first-order chi connectivity index (χ1) is 18.5. The highest BCUT2D eigenvalue weighted by Crippen LogP contribution is 2.23. The largest absolute Gasteiger partial charge is 0.493 e. The van der Waals surface area contributed by atoms with E-state index in [1.807, 2.05) is 0 Å². The molecule has 1 saturated heterocycles. The Balaban J connectivity index is 1.15. The zero-order valence-electron chi connectivity index (χ0n) is 21.0. The molecule has 0 radical (unpaired) electrons. The van der Waals surface area contributed by atoms with Gasteiger partial charge in [-0.25, -0.2) is 9.79 Å². The predicted octanol–water partition coefficient (Wildman–Crippen LogP) is -1.37. The number of anilines is 1. The molecule has 3 aromatic heterocycles. The van der Waals surface area contributed by atoms with E-state index in [0.29, 0.717) is 42.2 Å². The number of aromatic nitrogens is 6. The van der Waals surface area contributed by atoms with Crippen LogP contribution in [0.1, 0.15) is 44.2 Å². The molecule has 3 fully saturated rings. The van der Waals surface area contributed by atoms with Gasteiger partial charge in [0.2, 0.25) is 17.7 Å². The highest BCUT2D eigenvalue weighted by molar-refractivity contribution is 5.78. The molecule has 202 valence electrons. The summed E-state index contributed by atoms with van der Waals surface area (Å²) in [5.74, 6) is 0.278. The summed E-state index contributed by atoms with van der Waals surface area (Å²) in [6.07, 6.45) is 8.77. The quantitative estimate of drug-likeness (QED) is 0.249. The Morgan fingerprint density at radius 3 is 2.61 bits per heavy atom. The molecule has 2 aliphatic carbocycles. The van der Waals surface area contributed by atoms with Crippen molar-refractivity contribution in [2.24, 2.45) is 4.99 Å². The van der Waals surface area contributed by atoms with Crippen LogP contribution in [0.5, 0.6) is 5.88 Å². The van der Waals surface area contributed by atoms with Crippen LogP contribution in [-0.4, -0.2) is 96.4 Å². The molecule has 14 heteroatoms. The Morgan fingerprint density at radius 1 is 1.13 bits per heavy atom. The SMILES string of the molecule is O=C(CN1CCOCC1)NC1CCC(Nc2nc(=NC3CC3)n3nc/c(=C/c4[nH]c(=O)[nH]c4O)c3n2)CC1. The van der Waals surface area contributed by atoms with Crippen LogP contribution >= 0.6 is 0 Å². The van der Waals surface area contributed by atoms with Gasteiger partial charge in [-0.2, -0.15) is 19.6 Å². The van der Waals surface area contributed by atoms with Gasteiger partial charge < -0.3 is 25.5 Å². The summed E-state index contributed by atoms with van der Waals surface area (Å²) >= 11 is 0. The molecule has 4 heterocycles. The van der Waals surface area contributed by atoms with Gasteiger partial charge in [0.15, 0.2) is 5.65 Å². The maximum Gasteiger partial charge on any atom is 0.326 e. The highest BCUT2D eigenvalue weighted by atomic mass is 16.5. The molecule has 0 bridgehead atoms. The molecule has 3 aromatic rings. The Bertz CT molecular complexity index is 1480. The smallest absolute Gasteiger partial charge is 0.326 e. The summed E-state index contributed by atoms with van der Waals surface area (Å²) in [5, 5.41) is 21.6. The number of H-pyrrole nitrogens is 2. The van der Waals surface area contributed by atoms with E-state index in [9.17, 15) is 14.7 Å². The fourth-order valence-electron chi connectivity index (χ4n) is 4.95. The lowest BCUT2D eigenvalue weighted by molar-refractivity contribution is -0.124. The molecule has 0 atom stereocenters. The number of carbonyl (C=O) groups excluding carboxylic acids is 1. The summed E-state index contributed by atoms with van der Waals surface area (Å²) in [6.45, 7) is 3.37. The third kappa shape index (κ3) is 5.70. The van der Waals surface area contributed by atoms with E-state index < -0.39 is 5.69 Å². The number of nitrogens with zero attached hydrogens (tertiary/aromatic N) is 6. The number of hydrogen-bond acceptors (Lipinski definition) is 10. The molecule has 1 amide bonds. The molecule has 14 nitrogen and oxygen atoms in total. The second-order valence-corrected chi connectivity index (χ2v) is 10.2. The van der Waals surface area contributed by atoms with E-state index in [1.54, 1.807) is 16.8 Å². The zero-order chi connectivity index (χ0) is 26.1. The minimum absolute atomic E-state index is 0.0720. The van der Waals surface area contributed by atoms with Crippen LogP contribution in [0.25, 0.3) is 11.7 Å². The number of aromatic amines is 2. The first-order valence-corrected chi connectivity index (χ1v) is 13.2. The molecule has 2 saturated carbocycles. The van der Waals surface area contributed by atoms with Crippen molar-refractivity contribution in [3.05, 3.63) is 33.2 Å². The molecule has 38 heavy (non-hydrogen) atoms. The first kappa shape index (κ1) is 24.6. The molecule has 1 aliphatic heterocycles. The van der Waals surface area contributed by atoms with Crippen LogP contribution in [-0.2, 0) is 9.53 Å². The normalized spacial score (nSPS) is 23.7. The number of morpholine rings is 1. The number of amides is 1. The molecule has 6 rings (SSSR count). The van der Waals surface area contributed by atoms with Gasteiger partial charge in [-0.15, -0.1) is 0 Å². The van der Waals surface area contributed by atoms with Gasteiger partial charge in [0.05, 0.1) is 32.0 Å². The number of carbonyl (C=O) groups is 1. The maximum atomic E-state index is 12.5. The van der Waals surface area contributed by atoms with Crippen molar-refractivity contribution >= 4 is 23.6 Å². The number of rotatable bonds is 7. The van der Waals surface area contributed by atoms with E-state index in [-0.39, 0.29) is 35.6 Å². The van der Waals surface area contributed by atoms with Crippen LogP contribution in [0.3, 0.4) is 0 Å². The van der Waals surface area contributed by atoms with Gasteiger partial charge in [-0.3, -0.25) is 14.7 Å². The number of imidazole rings is 1. The molecule has 0 spiro atoms. The highest BCUT2D eigenvalue weighted by Gasteiger charge is 2.25. The van der Waals surface area contributed by atoms with Crippen molar-refractivity contribution in [2.45, 2.75) is 56.7 Å². The Kier molecular flexibility index (Phi) is 6.81. The Labute approximate surface area is 217 Å². The standard InChI is InChI=1S/C24H32N10O4/c35-19(13-33-7-9-38-10-8-33)26-15-1-3-16(4-2-15)27-22-30-20-14(11-18-21(36)31-24(37)29-18)12-25-34(20)23(32-22)28-17-5-6-17/h11-12,15-17,36H,1-10,13H2,(H,26,35)(H,27,28,32)(H2,29,31,37)/b14-11-. The van der Waals surface area contributed by atoms with Crippen molar-refractivity contribution in [3.63, 3.8) is 0 Å². The van der Waals surface area contributed by atoms with E-state index in [4.69, 9.17) is 14.7 Å². The maximum absolute atomic E-state index is 12.5. The minimum atomic E-state index is -0.500. The number of aromatic hydroxyl groups is 1. The van der Waals surface area contributed by atoms with Crippen LogP contribution < -0.4 is 27.2 Å². The molecular weight excluding hydrogens is 492 g/mol. The lowest BCUT2D eigenvalue weighted by Crippen LogP contribution is -2.47. The second-order valence-electron chi connectivity index (χ2n) is 10.2.